The summed E-state index contributed by atoms with van der Waals surface area (Å²) in [6.45, 7) is 1.40. The number of benzene rings is 1. The number of hydrogen-bond acceptors (Lipinski definition) is 4. The van der Waals surface area contributed by atoms with E-state index in [-0.39, 0.29) is 17.2 Å². The first-order chi connectivity index (χ1) is 8.27. The third-order valence-electron chi connectivity index (χ3n) is 3.02. The molecule has 1 unspecified atom stereocenters. The fourth-order valence-electron chi connectivity index (χ4n) is 2.17. The summed E-state index contributed by atoms with van der Waals surface area (Å²) in [6, 6.07) is 7.00. The molecule has 5 heteroatoms. The molecule has 2 heterocycles. The van der Waals surface area contributed by atoms with Gasteiger partial charge in [-0.3, -0.25) is 14.5 Å². The highest BCUT2D eigenvalue weighted by Gasteiger charge is 2.36. The molecule has 4 nitrogen and oxygen atoms in total. The van der Waals surface area contributed by atoms with Crippen LogP contribution in [0, 0.1) is 0 Å². The Balaban J connectivity index is 1.84. The number of nitrogens with one attached hydrogen (secondary N) is 1. The molecule has 1 fully saturated rings. The minimum atomic E-state index is -0.167. The van der Waals surface area contributed by atoms with Crippen LogP contribution in [0.25, 0.3) is 0 Å². The van der Waals surface area contributed by atoms with Gasteiger partial charge in [0.25, 0.3) is 11.8 Å². The number of carbonyl (C=O) groups excluding carboxylic acids is 2. The molecule has 0 saturated carbocycles. The Morgan fingerprint density at radius 2 is 1.88 bits per heavy atom. The predicted octanol–water partition coefficient (Wildman–Crippen LogP) is 0.945. The van der Waals surface area contributed by atoms with Crippen molar-refractivity contribution in [1.82, 2.24) is 10.2 Å². The molecule has 1 saturated heterocycles. The molecule has 17 heavy (non-hydrogen) atoms. The van der Waals surface area contributed by atoms with Crippen molar-refractivity contribution in [2.45, 2.75) is 5.37 Å². The molecule has 1 N–H and O–H groups in total. The fourth-order valence-corrected chi connectivity index (χ4v) is 3.18. The van der Waals surface area contributed by atoms with Crippen LogP contribution < -0.4 is 5.32 Å². The largest absolute Gasteiger partial charge is 0.303 e. The third-order valence-corrected chi connectivity index (χ3v) is 4.18. The van der Waals surface area contributed by atoms with Gasteiger partial charge >= 0.3 is 0 Å². The topological polar surface area (TPSA) is 49.4 Å². The van der Waals surface area contributed by atoms with Crippen LogP contribution in [-0.4, -0.2) is 40.9 Å². The van der Waals surface area contributed by atoms with Crippen molar-refractivity contribution in [1.29, 1.82) is 0 Å². The summed E-state index contributed by atoms with van der Waals surface area (Å²) in [5.41, 5.74) is 1.06. The van der Waals surface area contributed by atoms with Gasteiger partial charge in [0.1, 0.15) is 0 Å². The molecule has 2 aliphatic rings. The van der Waals surface area contributed by atoms with Gasteiger partial charge in [0.15, 0.2) is 0 Å². The van der Waals surface area contributed by atoms with Gasteiger partial charge < -0.3 is 5.32 Å². The number of hydrogen-bond donors (Lipinski definition) is 1. The number of imide groups is 1. The van der Waals surface area contributed by atoms with E-state index in [1.54, 1.807) is 36.0 Å². The van der Waals surface area contributed by atoms with Gasteiger partial charge in [-0.1, -0.05) is 12.1 Å². The second-order valence-electron chi connectivity index (χ2n) is 4.08. The molecule has 1 atom stereocenters. The van der Waals surface area contributed by atoms with Crippen LogP contribution >= 0.6 is 11.8 Å². The van der Waals surface area contributed by atoms with Crippen molar-refractivity contribution in [3.05, 3.63) is 35.4 Å². The van der Waals surface area contributed by atoms with Crippen LogP contribution in [0.3, 0.4) is 0 Å². The maximum atomic E-state index is 12.1. The van der Waals surface area contributed by atoms with E-state index in [4.69, 9.17) is 0 Å². The van der Waals surface area contributed by atoms with Crippen LogP contribution in [0.5, 0.6) is 0 Å². The van der Waals surface area contributed by atoms with Gasteiger partial charge in [0.2, 0.25) is 0 Å². The Morgan fingerprint density at radius 3 is 2.41 bits per heavy atom. The van der Waals surface area contributed by atoms with Crippen LogP contribution in [0.15, 0.2) is 24.3 Å². The maximum Gasteiger partial charge on any atom is 0.261 e. The van der Waals surface area contributed by atoms with E-state index in [0.29, 0.717) is 17.7 Å². The zero-order chi connectivity index (χ0) is 11.8. The van der Waals surface area contributed by atoms with Gasteiger partial charge in [-0.2, -0.15) is 0 Å². The van der Waals surface area contributed by atoms with Crippen molar-refractivity contribution in [3.8, 4) is 0 Å². The fraction of sp³-hybridized carbons (Fsp3) is 0.333. The van der Waals surface area contributed by atoms with E-state index < -0.39 is 0 Å². The number of nitrogens with zero attached hydrogens (tertiary/aromatic N) is 1. The molecule has 0 radical (unpaired) electrons. The molecule has 3 rings (SSSR count). The van der Waals surface area contributed by atoms with Gasteiger partial charge in [-0.15, -0.1) is 11.8 Å². The monoisotopic (exact) mass is 248 g/mol. The number of fused-ring (bicyclic) bond motifs is 1. The summed E-state index contributed by atoms with van der Waals surface area (Å²) in [5.74, 6) is 0.702. The van der Waals surface area contributed by atoms with Crippen LogP contribution in [0.4, 0.5) is 0 Å². The average Bonchev–Trinajstić information content (AvgIpc) is 2.94. The molecule has 0 spiro atoms. The summed E-state index contributed by atoms with van der Waals surface area (Å²) in [6.07, 6.45) is 0. The van der Waals surface area contributed by atoms with Crippen molar-refractivity contribution >= 4 is 23.6 Å². The van der Waals surface area contributed by atoms with Crippen molar-refractivity contribution in [3.63, 3.8) is 0 Å². The smallest absolute Gasteiger partial charge is 0.261 e. The van der Waals surface area contributed by atoms with E-state index >= 15 is 0 Å². The molecular formula is C12H12N2O2S. The highest BCUT2D eigenvalue weighted by molar-refractivity contribution is 8.00. The van der Waals surface area contributed by atoms with Crippen molar-refractivity contribution in [2.24, 2.45) is 0 Å². The predicted molar refractivity (Wildman–Crippen MR) is 66.1 cm³/mol. The van der Waals surface area contributed by atoms with E-state index in [9.17, 15) is 9.59 Å². The van der Waals surface area contributed by atoms with E-state index in [1.807, 2.05) is 0 Å². The van der Waals surface area contributed by atoms with E-state index in [0.717, 1.165) is 12.3 Å². The standard InChI is InChI=1S/C12H12N2O2S/c15-11-8-3-1-2-4-9(8)12(16)14(11)7-10-13-5-6-17-10/h1-4,10,13H,5-7H2. The summed E-state index contributed by atoms with van der Waals surface area (Å²) < 4.78 is 0. The second kappa shape index (κ2) is 4.16. The minimum Gasteiger partial charge on any atom is -0.303 e. The second-order valence-corrected chi connectivity index (χ2v) is 5.39. The third kappa shape index (κ3) is 1.75. The summed E-state index contributed by atoms with van der Waals surface area (Å²) in [7, 11) is 0. The first-order valence-corrected chi connectivity index (χ1v) is 6.62. The first-order valence-electron chi connectivity index (χ1n) is 5.57. The quantitative estimate of drug-likeness (QED) is 0.792. The average molecular weight is 248 g/mol. The van der Waals surface area contributed by atoms with Crippen LogP contribution in [0.1, 0.15) is 20.7 Å². The SMILES string of the molecule is O=C1c2ccccc2C(=O)N1CC1NCCS1. The maximum absolute atomic E-state index is 12.1. The Morgan fingerprint density at radius 1 is 1.24 bits per heavy atom. The normalized spacial score (nSPS) is 23.3. The van der Waals surface area contributed by atoms with Gasteiger partial charge in [-0.25, -0.2) is 0 Å². The molecule has 88 valence electrons. The summed E-state index contributed by atoms with van der Waals surface area (Å²) in [5, 5.41) is 3.45. The van der Waals surface area contributed by atoms with Crippen LogP contribution in [-0.2, 0) is 0 Å². The Labute approximate surface area is 103 Å². The lowest BCUT2D eigenvalue weighted by atomic mass is 10.1. The Kier molecular flexibility index (Phi) is 2.64. The molecule has 0 bridgehead atoms. The molecule has 0 aromatic heterocycles. The molecule has 1 aromatic carbocycles. The number of rotatable bonds is 2. The lowest BCUT2D eigenvalue weighted by Gasteiger charge is -2.18. The summed E-state index contributed by atoms with van der Waals surface area (Å²) >= 11 is 1.75. The number of amides is 2. The summed E-state index contributed by atoms with van der Waals surface area (Å²) in [4.78, 5) is 25.5. The van der Waals surface area contributed by atoms with Gasteiger partial charge in [-0.05, 0) is 12.1 Å². The first kappa shape index (κ1) is 10.8. The Bertz CT molecular complexity index is 448. The van der Waals surface area contributed by atoms with Crippen LogP contribution in [0.2, 0.25) is 0 Å². The van der Waals surface area contributed by atoms with Gasteiger partial charge in [0, 0.05) is 12.3 Å². The Hall–Kier alpha value is -1.33. The lowest BCUT2D eigenvalue weighted by molar-refractivity contribution is 0.0652. The highest BCUT2D eigenvalue weighted by atomic mass is 32.2. The zero-order valence-corrected chi connectivity index (χ0v) is 10.00. The van der Waals surface area contributed by atoms with E-state index in [1.165, 1.54) is 4.90 Å². The zero-order valence-electron chi connectivity index (χ0n) is 9.18. The highest BCUT2D eigenvalue weighted by Crippen LogP contribution is 2.24. The van der Waals surface area contributed by atoms with Crippen molar-refractivity contribution < 1.29 is 9.59 Å². The molecule has 2 amide bonds. The molecule has 0 aliphatic carbocycles. The molecule has 2 aliphatic heterocycles. The lowest BCUT2D eigenvalue weighted by Crippen LogP contribution is -2.39. The molecule has 1 aromatic rings. The molecular weight excluding hydrogens is 236 g/mol. The van der Waals surface area contributed by atoms with Gasteiger partial charge in [0.05, 0.1) is 23.0 Å². The van der Waals surface area contributed by atoms with E-state index in [2.05, 4.69) is 5.32 Å². The number of carbonyl (C=O) groups is 2. The van der Waals surface area contributed by atoms with Crippen molar-refractivity contribution in [2.75, 3.05) is 18.8 Å². The minimum absolute atomic E-state index is 0.167. The number of thioether (sulfide) groups is 1.